The molecule has 0 saturated carbocycles. The minimum Gasteiger partial charge on any atom is -0.462 e. The van der Waals surface area contributed by atoms with Gasteiger partial charge in [0.1, 0.15) is 19.3 Å². The average Bonchev–Trinajstić information content (AvgIpc) is 3.66. The summed E-state index contributed by atoms with van der Waals surface area (Å²) in [6.45, 7) is 14.1. The highest BCUT2D eigenvalue weighted by Gasteiger charge is 2.30. The molecule has 19 heteroatoms. The molecule has 17 nitrogen and oxygen atoms in total. The van der Waals surface area contributed by atoms with E-state index in [1.165, 1.54) is 167 Å². The SMILES string of the molecule is CCC(C)CCCCCCCCCCC(=O)O[C@H](COC(=O)CCCCCCCCC(C)C)COP(=O)(O)OC[C@H](O)COP(=O)(O)OC[C@@H](COC(=O)CCCCCCCCCCCCCCCCCC(C)C)OC(=O)CCCCCCCCCCCCCC(C)C. The molecule has 0 rings (SSSR count). The van der Waals surface area contributed by atoms with Gasteiger partial charge in [0.15, 0.2) is 12.2 Å². The molecule has 0 aliphatic carbocycles. The second kappa shape index (κ2) is 63.5. The summed E-state index contributed by atoms with van der Waals surface area (Å²) in [6, 6.07) is 0. The van der Waals surface area contributed by atoms with Crippen molar-refractivity contribution in [2.75, 3.05) is 39.6 Å². The zero-order valence-corrected chi connectivity index (χ0v) is 62.7. The highest BCUT2D eigenvalue weighted by molar-refractivity contribution is 7.47. The minimum absolute atomic E-state index is 0.104. The number of phosphoric ester groups is 2. The lowest BCUT2D eigenvalue weighted by atomic mass is 9.99. The quantitative estimate of drug-likeness (QED) is 0.0222. The van der Waals surface area contributed by atoms with E-state index < -0.39 is 97.5 Å². The van der Waals surface area contributed by atoms with Crippen LogP contribution in [0.4, 0.5) is 0 Å². The van der Waals surface area contributed by atoms with Crippen LogP contribution in [0.2, 0.25) is 0 Å². The first kappa shape index (κ1) is 91.1. The third-order valence-corrected chi connectivity index (χ3v) is 19.3. The summed E-state index contributed by atoms with van der Waals surface area (Å²) in [4.78, 5) is 72.7. The van der Waals surface area contributed by atoms with E-state index in [1.807, 2.05) is 0 Å². The molecule has 0 fully saturated rings. The van der Waals surface area contributed by atoms with Gasteiger partial charge in [-0.25, -0.2) is 9.13 Å². The number of aliphatic hydroxyl groups is 1. The van der Waals surface area contributed by atoms with Crippen LogP contribution in [0.15, 0.2) is 0 Å². The molecule has 0 aromatic heterocycles. The van der Waals surface area contributed by atoms with Gasteiger partial charge < -0.3 is 33.8 Å². The van der Waals surface area contributed by atoms with Crippen LogP contribution in [0.1, 0.15) is 370 Å². The van der Waals surface area contributed by atoms with E-state index in [-0.39, 0.29) is 25.7 Å². The Morgan fingerprint density at radius 2 is 0.516 bits per heavy atom. The van der Waals surface area contributed by atoms with Crippen LogP contribution in [0.25, 0.3) is 0 Å². The van der Waals surface area contributed by atoms with Crippen molar-refractivity contribution in [3.8, 4) is 0 Å². The van der Waals surface area contributed by atoms with Crippen LogP contribution >= 0.6 is 15.6 Å². The van der Waals surface area contributed by atoms with E-state index in [0.717, 1.165) is 114 Å². The molecule has 3 unspecified atom stereocenters. The molecule has 0 aliphatic rings. The van der Waals surface area contributed by atoms with E-state index in [1.54, 1.807) is 0 Å². The molecule has 0 spiro atoms. The number of hydrogen-bond acceptors (Lipinski definition) is 15. The predicted molar refractivity (Wildman–Crippen MR) is 377 cm³/mol. The van der Waals surface area contributed by atoms with Gasteiger partial charge in [0.05, 0.1) is 26.4 Å². The number of carbonyl (C=O) groups excluding carboxylic acids is 4. The van der Waals surface area contributed by atoms with Crippen LogP contribution in [-0.2, 0) is 65.4 Å². The number of rotatable bonds is 71. The highest BCUT2D eigenvalue weighted by Crippen LogP contribution is 2.45. The molecule has 0 aliphatic heterocycles. The topological polar surface area (TPSA) is 237 Å². The number of carbonyl (C=O) groups is 4. The number of unbranched alkanes of at least 4 members (excludes halogenated alkanes) is 36. The maximum Gasteiger partial charge on any atom is 0.472 e. The Labute approximate surface area is 568 Å². The molecular weight excluding hydrogens is 1220 g/mol. The zero-order valence-electron chi connectivity index (χ0n) is 60.9. The van der Waals surface area contributed by atoms with E-state index >= 15 is 0 Å². The van der Waals surface area contributed by atoms with E-state index in [4.69, 9.17) is 37.0 Å². The second-order valence-corrected chi connectivity index (χ2v) is 31.3. The second-order valence-electron chi connectivity index (χ2n) is 28.4. The van der Waals surface area contributed by atoms with E-state index in [0.29, 0.717) is 31.6 Å². The fourth-order valence-corrected chi connectivity index (χ4v) is 12.7. The molecule has 552 valence electrons. The Bertz CT molecular complexity index is 1840. The lowest BCUT2D eigenvalue weighted by Crippen LogP contribution is -2.30. The molecule has 93 heavy (non-hydrogen) atoms. The van der Waals surface area contributed by atoms with Crippen molar-refractivity contribution >= 4 is 39.5 Å². The van der Waals surface area contributed by atoms with Gasteiger partial charge in [-0.3, -0.25) is 37.3 Å². The predicted octanol–water partition coefficient (Wildman–Crippen LogP) is 21.3. The maximum absolute atomic E-state index is 13.1. The number of esters is 4. The molecule has 0 amide bonds. The summed E-state index contributed by atoms with van der Waals surface area (Å²) >= 11 is 0. The van der Waals surface area contributed by atoms with Gasteiger partial charge in [-0.15, -0.1) is 0 Å². The number of ether oxygens (including phenoxy) is 4. The van der Waals surface area contributed by atoms with Crippen molar-refractivity contribution in [2.24, 2.45) is 23.7 Å². The van der Waals surface area contributed by atoms with Crippen LogP contribution < -0.4 is 0 Å². The summed E-state index contributed by atoms with van der Waals surface area (Å²) in [6.07, 6.45) is 47.3. The summed E-state index contributed by atoms with van der Waals surface area (Å²) in [5.74, 6) is 0.894. The fourth-order valence-electron chi connectivity index (χ4n) is 11.2. The van der Waals surface area contributed by atoms with Crippen LogP contribution in [0, 0.1) is 23.7 Å². The Morgan fingerprint density at radius 3 is 0.763 bits per heavy atom. The molecule has 0 aromatic carbocycles. The van der Waals surface area contributed by atoms with Crippen LogP contribution in [-0.4, -0.2) is 96.7 Å². The number of hydrogen-bond donors (Lipinski definition) is 3. The molecule has 3 N–H and O–H groups in total. The highest BCUT2D eigenvalue weighted by atomic mass is 31.2. The van der Waals surface area contributed by atoms with Crippen LogP contribution in [0.3, 0.4) is 0 Å². The van der Waals surface area contributed by atoms with Gasteiger partial charge in [-0.1, -0.05) is 319 Å². The van der Waals surface area contributed by atoms with Crippen molar-refractivity contribution in [2.45, 2.75) is 388 Å². The third kappa shape index (κ3) is 67.0. The molecule has 0 aromatic rings. The van der Waals surface area contributed by atoms with Gasteiger partial charge in [0.2, 0.25) is 0 Å². The molecule has 0 radical (unpaired) electrons. The summed E-state index contributed by atoms with van der Waals surface area (Å²) < 4.78 is 68.4. The Morgan fingerprint density at radius 1 is 0.301 bits per heavy atom. The Hall–Kier alpha value is -1.94. The lowest BCUT2D eigenvalue weighted by molar-refractivity contribution is -0.161. The number of phosphoric acid groups is 2. The van der Waals surface area contributed by atoms with E-state index in [9.17, 15) is 43.2 Å². The molecule has 6 atom stereocenters. The monoisotopic (exact) mass is 1370 g/mol. The Balaban J connectivity index is 5.23. The van der Waals surface area contributed by atoms with Crippen molar-refractivity contribution in [3.05, 3.63) is 0 Å². The van der Waals surface area contributed by atoms with Crippen LogP contribution in [0.5, 0.6) is 0 Å². The van der Waals surface area contributed by atoms with Gasteiger partial charge in [0, 0.05) is 25.7 Å². The van der Waals surface area contributed by atoms with Gasteiger partial charge >= 0.3 is 39.5 Å². The third-order valence-electron chi connectivity index (χ3n) is 17.4. The summed E-state index contributed by atoms with van der Waals surface area (Å²) in [5.41, 5.74) is 0. The zero-order chi connectivity index (χ0) is 68.9. The van der Waals surface area contributed by atoms with Crippen molar-refractivity contribution < 1.29 is 80.2 Å². The average molecular weight is 1370 g/mol. The first-order chi connectivity index (χ1) is 44.6. The van der Waals surface area contributed by atoms with Gasteiger partial charge in [-0.05, 0) is 49.4 Å². The normalized spacial score (nSPS) is 14.5. The Kier molecular flexibility index (Phi) is 62.2. The lowest BCUT2D eigenvalue weighted by Gasteiger charge is -2.21. The van der Waals surface area contributed by atoms with Crippen molar-refractivity contribution in [1.29, 1.82) is 0 Å². The largest absolute Gasteiger partial charge is 0.472 e. The molecule has 0 bridgehead atoms. The standard InChI is InChI=1S/C74H144O17P2/c1-9-67(8)53-45-37-28-24-25-31-41-49-57-74(79)91-70(61-85-72(77)55-47-39-33-32-36-44-52-66(6)7)63-89-93(82,83)87-59-68(75)58-86-92(80,81)88-62-69(90-73(78)56-48-40-30-23-19-15-17-21-27-35-43-51-65(4)5)60-84-71(76)54-46-38-29-22-18-14-12-10-11-13-16-20-26-34-42-50-64(2)3/h64-70,75H,9-63H2,1-8H3,(H,80,81)(H,82,83)/t67?,68-,69-,70-/m1/s1. The smallest absolute Gasteiger partial charge is 0.462 e. The molecule has 0 heterocycles. The first-order valence-electron chi connectivity index (χ1n) is 38.2. The van der Waals surface area contributed by atoms with Crippen molar-refractivity contribution in [1.82, 2.24) is 0 Å². The maximum atomic E-state index is 13.1. The van der Waals surface area contributed by atoms with Crippen molar-refractivity contribution in [3.63, 3.8) is 0 Å². The summed E-state index contributed by atoms with van der Waals surface area (Å²) in [5, 5.41) is 10.6. The molecular formula is C74H144O17P2. The fraction of sp³-hybridized carbons (Fsp3) is 0.946. The number of aliphatic hydroxyl groups excluding tert-OH is 1. The first-order valence-corrected chi connectivity index (χ1v) is 41.2. The van der Waals surface area contributed by atoms with Gasteiger partial charge in [-0.2, -0.15) is 0 Å². The molecule has 0 saturated heterocycles. The minimum atomic E-state index is -4.96. The van der Waals surface area contributed by atoms with E-state index in [2.05, 4.69) is 55.4 Å². The summed E-state index contributed by atoms with van der Waals surface area (Å²) in [7, 11) is -9.91. The van der Waals surface area contributed by atoms with Gasteiger partial charge in [0.25, 0.3) is 0 Å².